The summed E-state index contributed by atoms with van der Waals surface area (Å²) in [6.07, 6.45) is 0.921. The smallest absolute Gasteiger partial charge is 0.320 e. The summed E-state index contributed by atoms with van der Waals surface area (Å²) in [5.41, 5.74) is 2.49. The highest BCUT2D eigenvalue weighted by Gasteiger charge is 2.18. The molecule has 0 bridgehead atoms. The van der Waals surface area contributed by atoms with Gasteiger partial charge in [0.25, 0.3) is 0 Å². The summed E-state index contributed by atoms with van der Waals surface area (Å²) < 4.78 is 5.55. The minimum absolute atomic E-state index is 0.112. The van der Waals surface area contributed by atoms with Crippen molar-refractivity contribution >= 4 is 45.7 Å². The van der Waals surface area contributed by atoms with Crippen LogP contribution in [-0.4, -0.2) is 53.1 Å². The molecule has 1 aliphatic heterocycles. The lowest BCUT2D eigenvalue weighted by molar-refractivity contribution is -0.128. The van der Waals surface area contributed by atoms with Crippen molar-refractivity contribution in [3.63, 3.8) is 0 Å². The quantitative estimate of drug-likeness (QED) is 0.449. The predicted molar refractivity (Wildman–Crippen MR) is 135 cm³/mol. The molecule has 1 aromatic heterocycles. The topological polar surface area (TPSA) is 104 Å². The molecule has 1 fully saturated rings. The number of aromatic nitrogens is 2. The van der Waals surface area contributed by atoms with Crippen LogP contribution in [0.1, 0.15) is 24.0 Å². The second-order valence-electron chi connectivity index (χ2n) is 8.41. The van der Waals surface area contributed by atoms with Crippen molar-refractivity contribution in [2.24, 2.45) is 0 Å². The minimum Gasteiger partial charge on any atom is -0.399 e. The second-order valence-corrected chi connectivity index (χ2v) is 8.41. The predicted octanol–water partition coefficient (Wildman–Crippen LogP) is 4.28. The number of fused-ring (bicyclic) bond motifs is 1. The number of nitrogens with zero attached hydrogens (tertiary/aromatic N) is 4. The van der Waals surface area contributed by atoms with Crippen molar-refractivity contribution in [2.45, 2.75) is 13.3 Å². The van der Waals surface area contributed by atoms with E-state index in [2.05, 4.69) is 25.7 Å². The molecule has 2 amide bonds. The lowest BCUT2D eigenvalue weighted by Crippen LogP contribution is -2.33. The van der Waals surface area contributed by atoms with E-state index >= 15 is 0 Å². The summed E-state index contributed by atoms with van der Waals surface area (Å²) in [5.74, 6) is -0.502. The molecule has 4 aromatic rings. The van der Waals surface area contributed by atoms with E-state index in [1.807, 2.05) is 71.6 Å². The van der Waals surface area contributed by atoms with E-state index in [1.165, 1.54) is 0 Å². The van der Waals surface area contributed by atoms with Crippen LogP contribution in [0.4, 0.5) is 23.1 Å². The van der Waals surface area contributed by atoms with E-state index in [4.69, 9.17) is 4.42 Å². The van der Waals surface area contributed by atoms with E-state index < -0.39 is 5.91 Å². The Morgan fingerprint density at radius 2 is 1.69 bits per heavy atom. The molecular weight excluding hydrogens is 444 g/mol. The molecule has 1 saturated heterocycles. The Labute approximate surface area is 202 Å². The van der Waals surface area contributed by atoms with Crippen LogP contribution in [0, 0.1) is 0 Å². The molecule has 3 aromatic carbocycles. The van der Waals surface area contributed by atoms with Crippen molar-refractivity contribution in [1.82, 2.24) is 15.1 Å². The first-order valence-electron chi connectivity index (χ1n) is 11.6. The molecule has 178 valence electrons. The first kappa shape index (κ1) is 22.4. The van der Waals surface area contributed by atoms with Crippen molar-refractivity contribution in [2.75, 3.05) is 41.7 Å². The number of carbonyl (C=O) groups excluding carboxylic acids is 2. The molecule has 2 N–H and O–H groups in total. The SMILES string of the molecule is CC(=O)N1CCCN(c2ccc(NC(=O)c3nnc(Nc4cccc5ccccc45)o3)cc2)CC1. The fourth-order valence-corrected chi connectivity index (χ4v) is 4.25. The molecule has 9 nitrogen and oxygen atoms in total. The average Bonchev–Trinajstić information content (AvgIpc) is 3.19. The Morgan fingerprint density at radius 3 is 2.51 bits per heavy atom. The van der Waals surface area contributed by atoms with Crippen LogP contribution in [-0.2, 0) is 4.79 Å². The van der Waals surface area contributed by atoms with Gasteiger partial charge >= 0.3 is 17.8 Å². The minimum atomic E-state index is -0.483. The Balaban J connectivity index is 1.21. The number of anilines is 4. The van der Waals surface area contributed by atoms with Gasteiger partial charge in [0.2, 0.25) is 5.91 Å². The maximum Gasteiger partial charge on any atom is 0.320 e. The van der Waals surface area contributed by atoms with E-state index in [-0.39, 0.29) is 17.8 Å². The van der Waals surface area contributed by atoms with Gasteiger partial charge in [-0.3, -0.25) is 9.59 Å². The number of carbonyl (C=O) groups is 2. The van der Waals surface area contributed by atoms with Crippen molar-refractivity contribution in [3.05, 3.63) is 72.6 Å². The number of rotatable bonds is 5. The highest BCUT2D eigenvalue weighted by atomic mass is 16.4. The third-order valence-corrected chi connectivity index (χ3v) is 6.08. The fraction of sp³-hybridized carbons (Fsp3) is 0.231. The third kappa shape index (κ3) is 5.08. The maximum atomic E-state index is 12.6. The monoisotopic (exact) mass is 470 g/mol. The van der Waals surface area contributed by atoms with Gasteiger partial charge in [0.15, 0.2) is 0 Å². The first-order chi connectivity index (χ1) is 17.1. The zero-order chi connectivity index (χ0) is 24.2. The van der Waals surface area contributed by atoms with Crippen LogP contribution >= 0.6 is 0 Å². The number of hydrogen-bond acceptors (Lipinski definition) is 7. The average molecular weight is 471 g/mol. The van der Waals surface area contributed by atoms with E-state index in [1.54, 1.807) is 6.92 Å². The van der Waals surface area contributed by atoms with Crippen LogP contribution in [0.15, 0.2) is 71.1 Å². The van der Waals surface area contributed by atoms with Crippen molar-refractivity contribution < 1.29 is 14.0 Å². The van der Waals surface area contributed by atoms with Crippen molar-refractivity contribution in [1.29, 1.82) is 0 Å². The Morgan fingerprint density at radius 1 is 0.886 bits per heavy atom. The molecule has 0 saturated carbocycles. The normalized spacial score (nSPS) is 14.0. The van der Waals surface area contributed by atoms with Gasteiger partial charge < -0.3 is 24.9 Å². The molecule has 0 radical (unpaired) electrons. The van der Waals surface area contributed by atoms with E-state index in [0.29, 0.717) is 12.2 Å². The standard InChI is InChI=1S/C26H26N6O3/c1-18(33)31-14-5-15-32(17-16-31)21-12-10-20(11-13-21)27-24(34)25-29-30-26(35-25)28-23-9-4-7-19-6-2-3-8-22(19)23/h2-4,6-13H,5,14-17H2,1H3,(H,27,34)(H,28,30). The van der Waals surface area contributed by atoms with Crippen LogP contribution in [0.25, 0.3) is 10.8 Å². The highest BCUT2D eigenvalue weighted by Crippen LogP contribution is 2.26. The van der Waals surface area contributed by atoms with Gasteiger partial charge in [0, 0.05) is 49.9 Å². The number of amides is 2. The molecule has 0 atom stereocenters. The van der Waals surface area contributed by atoms with Gasteiger partial charge in [-0.15, -0.1) is 5.10 Å². The summed E-state index contributed by atoms with van der Waals surface area (Å²) in [7, 11) is 0. The molecule has 0 unspecified atom stereocenters. The summed E-state index contributed by atoms with van der Waals surface area (Å²) >= 11 is 0. The van der Waals surface area contributed by atoms with Gasteiger partial charge in [-0.25, -0.2) is 0 Å². The highest BCUT2D eigenvalue weighted by molar-refractivity contribution is 6.01. The first-order valence-corrected chi connectivity index (χ1v) is 11.6. The summed E-state index contributed by atoms with van der Waals surface area (Å²) in [5, 5.41) is 15.8. The van der Waals surface area contributed by atoms with Crippen LogP contribution in [0.2, 0.25) is 0 Å². The molecule has 5 rings (SSSR count). The Hall–Kier alpha value is -4.40. The largest absolute Gasteiger partial charge is 0.399 e. The van der Waals surface area contributed by atoms with Crippen LogP contribution < -0.4 is 15.5 Å². The van der Waals surface area contributed by atoms with Gasteiger partial charge in [0.1, 0.15) is 0 Å². The number of nitrogens with one attached hydrogen (secondary N) is 2. The Bertz CT molecular complexity index is 1350. The van der Waals surface area contributed by atoms with Crippen molar-refractivity contribution in [3.8, 4) is 0 Å². The van der Waals surface area contributed by atoms with E-state index in [0.717, 1.165) is 48.2 Å². The van der Waals surface area contributed by atoms with E-state index in [9.17, 15) is 9.59 Å². The Kier molecular flexibility index (Phi) is 6.30. The maximum absolute atomic E-state index is 12.6. The molecule has 35 heavy (non-hydrogen) atoms. The summed E-state index contributed by atoms with van der Waals surface area (Å²) in [6.45, 7) is 4.75. The van der Waals surface area contributed by atoms with Gasteiger partial charge in [0.05, 0.1) is 5.69 Å². The molecule has 9 heteroatoms. The van der Waals surface area contributed by atoms with Crippen LogP contribution in [0.5, 0.6) is 0 Å². The lowest BCUT2D eigenvalue weighted by atomic mass is 10.1. The molecule has 1 aliphatic rings. The third-order valence-electron chi connectivity index (χ3n) is 6.08. The summed E-state index contributed by atoms with van der Waals surface area (Å²) in [4.78, 5) is 28.4. The zero-order valence-electron chi connectivity index (χ0n) is 19.4. The van der Waals surface area contributed by atoms with Gasteiger partial charge in [-0.2, -0.15) is 0 Å². The van der Waals surface area contributed by atoms with Gasteiger partial charge in [-0.05, 0) is 42.1 Å². The molecule has 2 heterocycles. The molecule has 0 spiro atoms. The lowest BCUT2D eigenvalue weighted by Gasteiger charge is -2.23. The van der Waals surface area contributed by atoms with Gasteiger partial charge in [-0.1, -0.05) is 41.5 Å². The molecular formula is C26H26N6O3. The van der Waals surface area contributed by atoms with Crippen LogP contribution in [0.3, 0.4) is 0 Å². The number of hydrogen-bond donors (Lipinski definition) is 2. The zero-order valence-corrected chi connectivity index (χ0v) is 19.4. The number of benzene rings is 3. The summed E-state index contributed by atoms with van der Waals surface area (Å²) in [6, 6.07) is 21.6. The second kappa shape index (κ2) is 9.84. The fourth-order valence-electron chi connectivity index (χ4n) is 4.25. The molecule has 0 aliphatic carbocycles.